The maximum atomic E-state index is 13.1. The van der Waals surface area contributed by atoms with E-state index in [0.717, 1.165) is 16.8 Å². The fourth-order valence-corrected chi connectivity index (χ4v) is 2.83. The maximum absolute atomic E-state index is 13.1. The molecule has 1 aromatic heterocycles. The topological polar surface area (TPSA) is 51.2 Å². The first-order valence-corrected chi connectivity index (χ1v) is 7.09. The quantitative estimate of drug-likeness (QED) is 0.798. The molecule has 3 aromatic rings. The zero-order valence-electron chi connectivity index (χ0n) is 11.4. The van der Waals surface area contributed by atoms with Gasteiger partial charge in [0.15, 0.2) is 5.13 Å². The molecule has 1 amide bonds. The van der Waals surface area contributed by atoms with Crippen LogP contribution in [0.1, 0.15) is 10.4 Å². The molecule has 0 fully saturated rings. The highest BCUT2D eigenvalue weighted by atomic mass is 32.1. The molecule has 0 radical (unpaired) electrons. The fraction of sp³-hybridized carbons (Fsp3) is 0.0667. The smallest absolute Gasteiger partial charge is 0.257 e. The summed E-state index contributed by atoms with van der Waals surface area (Å²) in [6, 6.07) is 7.96. The lowest BCUT2D eigenvalue weighted by atomic mass is 10.2. The predicted molar refractivity (Wildman–Crippen MR) is 80.5 cm³/mol. The summed E-state index contributed by atoms with van der Waals surface area (Å²) >= 11 is 1.25. The monoisotopic (exact) mass is 320 g/mol. The van der Waals surface area contributed by atoms with Gasteiger partial charge in [0.2, 0.25) is 0 Å². The minimum absolute atomic E-state index is 0.102. The molecule has 0 aliphatic rings. The third-order valence-corrected chi connectivity index (χ3v) is 3.87. The number of hydrogen-bond acceptors (Lipinski definition) is 4. The first-order valence-electron chi connectivity index (χ1n) is 6.27. The van der Waals surface area contributed by atoms with Gasteiger partial charge < -0.3 is 4.74 Å². The van der Waals surface area contributed by atoms with Gasteiger partial charge in [0.1, 0.15) is 17.4 Å². The van der Waals surface area contributed by atoms with Crippen LogP contribution in [0.25, 0.3) is 10.2 Å². The number of benzene rings is 2. The van der Waals surface area contributed by atoms with Crippen molar-refractivity contribution < 1.29 is 18.3 Å². The van der Waals surface area contributed by atoms with Gasteiger partial charge in [0.05, 0.1) is 17.3 Å². The zero-order valence-corrected chi connectivity index (χ0v) is 12.2. The van der Waals surface area contributed by atoms with Gasteiger partial charge in [-0.3, -0.25) is 10.1 Å². The van der Waals surface area contributed by atoms with E-state index < -0.39 is 17.5 Å². The Kier molecular flexibility index (Phi) is 3.72. The van der Waals surface area contributed by atoms with Crippen LogP contribution >= 0.6 is 11.3 Å². The normalized spacial score (nSPS) is 10.7. The van der Waals surface area contributed by atoms with Gasteiger partial charge in [-0.05, 0) is 30.3 Å². The zero-order chi connectivity index (χ0) is 15.7. The van der Waals surface area contributed by atoms with Crippen LogP contribution in [0.2, 0.25) is 0 Å². The average molecular weight is 320 g/mol. The number of methoxy groups -OCH3 is 1. The second-order valence-electron chi connectivity index (χ2n) is 4.46. The van der Waals surface area contributed by atoms with Crippen LogP contribution in [-0.2, 0) is 0 Å². The minimum atomic E-state index is -0.806. The molecule has 0 saturated carbocycles. The van der Waals surface area contributed by atoms with E-state index >= 15 is 0 Å². The number of fused-ring (bicyclic) bond motifs is 1. The highest BCUT2D eigenvalue weighted by molar-refractivity contribution is 7.22. The minimum Gasteiger partial charge on any atom is -0.497 e. The molecule has 0 atom stereocenters. The highest BCUT2D eigenvalue weighted by Crippen LogP contribution is 2.29. The molecule has 112 valence electrons. The molecular formula is C15H10F2N2O2S. The summed E-state index contributed by atoms with van der Waals surface area (Å²) in [6.07, 6.45) is 0. The molecule has 22 heavy (non-hydrogen) atoms. The van der Waals surface area contributed by atoms with E-state index in [4.69, 9.17) is 4.74 Å². The van der Waals surface area contributed by atoms with Crippen molar-refractivity contribution in [3.8, 4) is 5.75 Å². The van der Waals surface area contributed by atoms with Crippen LogP contribution in [0.3, 0.4) is 0 Å². The lowest BCUT2D eigenvalue weighted by Crippen LogP contribution is -2.12. The molecule has 0 aliphatic heterocycles. The summed E-state index contributed by atoms with van der Waals surface area (Å²) in [7, 11) is 1.56. The van der Waals surface area contributed by atoms with E-state index in [1.807, 2.05) is 0 Å². The molecule has 1 heterocycles. The molecular weight excluding hydrogens is 310 g/mol. The second kappa shape index (κ2) is 5.69. The van der Waals surface area contributed by atoms with Crippen LogP contribution in [0.5, 0.6) is 5.75 Å². The third kappa shape index (κ3) is 2.89. The van der Waals surface area contributed by atoms with Crippen molar-refractivity contribution in [1.82, 2.24) is 4.98 Å². The number of hydrogen-bond donors (Lipinski definition) is 1. The van der Waals surface area contributed by atoms with Gasteiger partial charge in [0.25, 0.3) is 5.91 Å². The van der Waals surface area contributed by atoms with E-state index in [1.165, 1.54) is 11.3 Å². The Morgan fingerprint density at radius 3 is 2.59 bits per heavy atom. The number of rotatable bonds is 3. The predicted octanol–water partition coefficient (Wildman–Crippen LogP) is 3.84. The number of anilines is 1. The number of thiazole rings is 1. The van der Waals surface area contributed by atoms with Gasteiger partial charge in [-0.2, -0.15) is 0 Å². The molecule has 7 heteroatoms. The number of nitrogens with one attached hydrogen (secondary N) is 1. The summed E-state index contributed by atoms with van der Waals surface area (Å²) in [4.78, 5) is 16.3. The maximum Gasteiger partial charge on any atom is 0.257 e. The summed E-state index contributed by atoms with van der Waals surface area (Å²) < 4.78 is 32.2. The number of halogens is 2. The van der Waals surface area contributed by atoms with Gasteiger partial charge >= 0.3 is 0 Å². The Bertz CT molecular complexity index is 844. The number of carbonyl (C=O) groups excluding carboxylic acids is 1. The van der Waals surface area contributed by atoms with Crippen molar-refractivity contribution in [3.05, 3.63) is 53.6 Å². The molecule has 0 spiro atoms. The van der Waals surface area contributed by atoms with Gasteiger partial charge in [-0.1, -0.05) is 11.3 Å². The summed E-state index contributed by atoms with van der Waals surface area (Å²) in [5.41, 5.74) is 0.598. The van der Waals surface area contributed by atoms with Crippen LogP contribution in [0.4, 0.5) is 13.9 Å². The number of ether oxygens (including phenoxy) is 1. The van der Waals surface area contributed by atoms with Crippen molar-refractivity contribution in [1.29, 1.82) is 0 Å². The number of aromatic nitrogens is 1. The van der Waals surface area contributed by atoms with E-state index in [1.54, 1.807) is 25.3 Å². The molecule has 0 aliphatic carbocycles. The van der Waals surface area contributed by atoms with E-state index in [0.29, 0.717) is 22.5 Å². The van der Waals surface area contributed by atoms with E-state index in [2.05, 4.69) is 10.3 Å². The third-order valence-electron chi connectivity index (χ3n) is 2.94. The van der Waals surface area contributed by atoms with Gasteiger partial charge in [-0.25, -0.2) is 13.8 Å². The lowest BCUT2D eigenvalue weighted by molar-refractivity contribution is 0.102. The Morgan fingerprint density at radius 2 is 1.91 bits per heavy atom. The van der Waals surface area contributed by atoms with E-state index in [9.17, 15) is 13.6 Å². The van der Waals surface area contributed by atoms with Crippen LogP contribution < -0.4 is 10.1 Å². The average Bonchev–Trinajstić information content (AvgIpc) is 2.87. The molecule has 4 nitrogen and oxygen atoms in total. The van der Waals surface area contributed by atoms with Crippen molar-refractivity contribution in [2.45, 2.75) is 0 Å². The summed E-state index contributed by atoms with van der Waals surface area (Å²) in [5.74, 6) is -1.55. The van der Waals surface area contributed by atoms with Crippen molar-refractivity contribution in [3.63, 3.8) is 0 Å². The molecule has 2 aromatic carbocycles. The van der Waals surface area contributed by atoms with Gasteiger partial charge in [0, 0.05) is 11.6 Å². The van der Waals surface area contributed by atoms with Crippen molar-refractivity contribution >= 4 is 32.6 Å². The van der Waals surface area contributed by atoms with Gasteiger partial charge in [-0.15, -0.1) is 0 Å². The molecule has 0 saturated heterocycles. The lowest BCUT2D eigenvalue weighted by Gasteiger charge is -2.01. The number of amides is 1. The Hall–Kier alpha value is -2.54. The van der Waals surface area contributed by atoms with Crippen LogP contribution in [-0.4, -0.2) is 18.0 Å². The summed E-state index contributed by atoms with van der Waals surface area (Å²) in [5, 5.41) is 2.88. The SMILES string of the molecule is COc1ccc2nc(NC(=O)c3cc(F)cc(F)c3)sc2c1. The Balaban J connectivity index is 1.87. The number of carbonyl (C=O) groups is 1. The van der Waals surface area contributed by atoms with Crippen LogP contribution in [0.15, 0.2) is 36.4 Å². The summed E-state index contributed by atoms with van der Waals surface area (Å²) in [6.45, 7) is 0. The Morgan fingerprint density at radius 1 is 1.18 bits per heavy atom. The molecule has 3 rings (SSSR count). The first kappa shape index (κ1) is 14.4. The second-order valence-corrected chi connectivity index (χ2v) is 5.50. The Labute approximate surface area is 128 Å². The fourth-order valence-electron chi connectivity index (χ4n) is 1.94. The van der Waals surface area contributed by atoms with Crippen molar-refractivity contribution in [2.75, 3.05) is 12.4 Å². The molecule has 0 bridgehead atoms. The molecule has 0 unspecified atom stereocenters. The van der Waals surface area contributed by atoms with E-state index in [-0.39, 0.29) is 5.56 Å². The highest BCUT2D eigenvalue weighted by Gasteiger charge is 2.12. The molecule has 1 N–H and O–H groups in total. The standard InChI is InChI=1S/C15H10F2N2O2S/c1-21-11-2-3-12-13(7-11)22-15(18-12)19-14(20)8-4-9(16)6-10(17)5-8/h2-7H,1H3,(H,18,19,20). The first-order chi connectivity index (χ1) is 10.5. The van der Waals surface area contributed by atoms with Crippen molar-refractivity contribution in [2.24, 2.45) is 0 Å². The van der Waals surface area contributed by atoms with Crippen LogP contribution in [0, 0.1) is 11.6 Å². The number of nitrogens with zero attached hydrogens (tertiary/aromatic N) is 1. The largest absolute Gasteiger partial charge is 0.497 e.